The molecule has 0 radical (unpaired) electrons. The normalized spacial score (nSPS) is 12.8. The lowest BCUT2D eigenvalue weighted by Crippen LogP contribution is -2.44. The maximum atomic E-state index is 12.6. The van der Waals surface area contributed by atoms with Crippen LogP contribution in [0, 0.1) is 6.92 Å². The van der Waals surface area contributed by atoms with Gasteiger partial charge in [-0.15, -0.1) is 5.10 Å². The Morgan fingerprint density at radius 1 is 1.32 bits per heavy atom. The Balaban J connectivity index is 2.22. The molecular formula is C17H25ClN4O2S. The van der Waals surface area contributed by atoms with E-state index in [9.17, 15) is 8.42 Å². The van der Waals surface area contributed by atoms with Crippen LogP contribution in [0.4, 0.5) is 0 Å². The highest BCUT2D eigenvalue weighted by atomic mass is 35.5. The molecule has 0 bridgehead atoms. The predicted molar refractivity (Wildman–Crippen MR) is 100 cm³/mol. The lowest BCUT2D eigenvalue weighted by molar-refractivity contribution is 0.345. The Hall–Kier alpha value is -1.44. The highest BCUT2D eigenvalue weighted by molar-refractivity contribution is 7.91. The third-order valence-electron chi connectivity index (χ3n) is 3.76. The van der Waals surface area contributed by atoms with Crippen molar-refractivity contribution in [2.45, 2.75) is 57.8 Å². The summed E-state index contributed by atoms with van der Waals surface area (Å²) >= 11 is 6.00. The number of nitrogens with zero attached hydrogens (tertiary/aromatic N) is 3. The minimum Gasteiger partial charge on any atom is -0.310 e. The molecule has 138 valence electrons. The van der Waals surface area contributed by atoms with E-state index >= 15 is 0 Å². The molecule has 0 aliphatic carbocycles. The van der Waals surface area contributed by atoms with Gasteiger partial charge in [0.15, 0.2) is 0 Å². The van der Waals surface area contributed by atoms with Crippen molar-refractivity contribution in [1.29, 1.82) is 0 Å². The van der Waals surface area contributed by atoms with Crippen molar-refractivity contribution in [3.63, 3.8) is 0 Å². The van der Waals surface area contributed by atoms with Crippen molar-refractivity contribution in [2.24, 2.45) is 0 Å². The quantitative estimate of drug-likeness (QED) is 0.793. The summed E-state index contributed by atoms with van der Waals surface area (Å²) in [5.41, 5.74) is 0.395. The highest BCUT2D eigenvalue weighted by Gasteiger charge is 2.27. The Morgan fingerprint density at radius 2 is 2.00 bits per heavy atom. The van der Waals surface area contributed by atoms with E-state index in [1.54, 1.807) is 31.2 Å². The molecule has 2 aromatic rings. The molecule has 25 heavy (non-hydrogen) atoms. The molecule has 1 aromatic carbocycles. The van der Waals surface area contributed by atoms with Gasteiger partial charge in [0, 0.05) is 16.6 Å². The Labute approximate surface area is 154 Å². The van der Waals surface area contributed by atoms with Crippen molar-refractivity contribution in [2.75, 3.05) is 5.75 Å². The van der Waals surface area contributed by atoms with Crippen LogP contribution in [0.2, 0.25) is 5.02 Å². The molecule has 0 saturated heterocycles. The minimum absolute atomic E-state index is 0.0152. The average Bonchev–Trinajstić information content (AvgIpc) is 2.87. The number of benzene rings is 1. The van der Waals surface area contributed by atoms with Crippen LogP contribution in [0.5, 0.6) is 0 Å². The summed E-state index contributed by atoms with van der Waals surface area (Å²) in [7, 11) is -3.57. The summed E-state index contributed by atoms with van der Waals surface area (Å²) in [6.07, 6.45) is 0.471. The van der Waals surface area contributed by atoms with E-state index in [2.05, 4.69) is 15.4 Å². The van der Waals surface area contributed by atoms with E-state index < -0.39 is 9.84 Å². The summed E-state index contributed by atoms with van der Waals surface area (Å²) in [4.78, 5) is 4.15. The second kappa shape index (κ2) is 7.43. The maximum Gasteiger partial charge on any atom is 0.267 e. The lowest BCUT2D eigenvalue weighted by atomic mass is 10.0. The van der Waals surface area contributed by atoms with Crippen LogP contribution in [-0.2, 0) is 9.84 Å². The Kier molecular flexibility index (Phi) is 5.91. The van der Waals surface area contributed by atoms with Crippen molar-refractivity contribution in [3.05, 3.63) is 35.1 Å². The van der Waals surface area contributed by atoms with Crippen LogP contribution in [0.25, 0.3) is 5.69 Å². The zero-order chi connectivity index (χ0) is 18.8. The van der Waals surface area contributed by atoms with Gasteiger partial charge < -0.3 is 5.32 Å². The van der Waals surface area contributed by atoms with E-state index in [-0.39, 0.29) is 22.5 Å². The molecule has 6 nitrogen and oxygen atoms in total. The van der Waals surface area contributed by atoms with Gasteiger partial charge in [0.1, 0.15) is 5.82 Å². The molecule has 0 amide bonds. The molecule has 0 saturated carbocycles. The first kappa shape index (κ1) is 19.9. The van der Waals surface area contributed by atoms with Crippen molar-refractivity contribution in [1.82, 2.24) is 20.1 Å². The van der Waals surface area contributed by atoms with Crippen LogP contribution >= 0.6 is 11.6 Å². The summed E-state index contributed by atoms with van der Waals surface area (Å²) in [6, 6.07) is 7.33. The van der Waals surface area contributed by atoms with Crippen LogP contribution in [-0.4, -0.2) is 40.5 Å². The monoisotopic (exact) mass is 384 g/mol. The fourth-order valence-electron chi connectivity index (χ4n) is 2.68. The zero-order valence-corrected chi connectivity index (χ0v) is 16.8. The molecule has 0 fully saturated rings. The smallest absolute Gasteiger partial charge is 0.267 e. The van der Waals surface area contributed by atoms with Gasteiger partial charge in [-0.3, -0.25) is 0 Å². The lowest BCUT2D eigenvalue weighted by Gasteiger charge is -2.28. The summed E-state index contributed by atoms with van der Waals surface area (Å²) < 4.78 is 26.8. The second-order valence-corrected chi connectivity index (χ2v) is 9.52. The van der Waals surface area contributed by atoms with Gasteiger partial charge in [-0.1, -0.05) is 31.5 Å². The van der Waals surface area contributed by atoms with E-state index in [1.807, 2.05) is 27.7 Å². The highest BCUT2D eigenvalue weighted by Crippen LogP contribution is 2.19. The molecule has 1 N–H and O–H groups in total. The number of hydrogen-bond acceptors (Lipinski definition) is 5. The second-order valence-electron chi connectivity index (χ2n) is 7.09. The van der Waals surface area contributed by atoms with Crippen LogP contribution < -0.4 is 5.32 Å². The fourth-order valence-corrected chi connectivity index (χ4v) is 4.31. The van der Waals surface area contributed by atoms with Crippen molar-refractivity contribution in [3.8, 4) is 5.69 Å². The summed E-state index contributed by atoms with van der Waals surface area (Å²) in [5, 5.41) is 7.97. The molecule has 0 aliphatic rings. The van der Waals surface area contributed by atoms with Gasteiger partial charge >= 0.3 is 0 Å². The van der Waals surface area contributed by atoms with Gasteiger partial charge in [0.2, 0.25) is 9.84 Å². The van der Waals surface area contributed by atoms with Crippen LogP contribution in [0.1, 0.15) is 39.9 Å². The largest absolute Gasteiger partial charge is 0.310 e. The van der Waals surface area contributed by atoms with E-state index in [0.717, 1.165) is 0 Å². The number of sulfone groups is 1. The predicted octanol–water partition coefficient (Wildman–Crippen LogP) is 3.17. The third kappa shape index (κ3) is 5.26. The number of nitrogens with one attached hydrogen (secondary N) is 1. The number of halogens is 1. The first-order valence-corrected chi connectivity index (χ1v) is 10.2. The SMILES string of the molecule is Cc1nc(S(=O)(=O)CCC(C)(C)NC(C)C)nn1-c1cccc(Cl)c1. The molecular weight excluding hydrogens is 360 g/mol. The molecule has 0 atom stereocenters. The van der Waals surface area contributed by atoms with Crippen LogP contribution in [0.15, 0.2) is 29.4 Å². The van der Waals surface area contributed by atoms with E-state index in [0.29, 0.717) is 23.0 Å². The topological polar surface area (TPSA) is 76.9 Å². The molecule has 2 rings (SSSR count). The molecule has 1 aromatic heterocycles. The zero-order valence-electron chi connectivity index (χ0n) is 15.2. The van der Waals surface area contributed by atoms with Gasteiger partial charge in [0.25, 0.3) is 5.16 Å². The Bertz CT molecular complexity index is 844. The van der Waals surface area contributed by atoms with E-state index in [1.165, 1.54) is 4.68 Å². The first-order chi connectivity index (χ1) is 11.5. The van der Waals surface area contributed by atoms with Crippen molar-refractivity contribution >= 4 is 21.4 Å². The number of aryl methyl sites for hydroxylation is 1. The van der Waals surface area contributed by atoms with Gasteiger partial charge in [0.05, 0.1) is 11.4 Å². The molecule has 0 spiro atoms. The third-order valence-corrected chi connectivity index (χ3v) is 5.46. The summed E-state index contributed by atoms with van der Waals surface area (Å²) in [5.74, 6) is 0.485. The fraction of sp³-hybridized carbons (Fsp3) is 0.529. The maximum absolute atomic E-state index is 12.6. The van der Waals surface area contributed by atoms with Gasteiger partial charge in [-0.2, -0.15) is 0 Å². The van der Waals surface area contributed by atoms with Gasteiger partial charge in [-0.05, 0) is 45.4 Å². The molecule has 0 aliphatic heterocycles. The molecule has 8 heteroatoms. The summed E-state index contributed by atoms with van der Waals surface area (Å²) in [6.45, 7) is 9.77. The first-order valence-electron chi connectivity index (χ1n) is 8.20. The minimum atomic E-state index is -3.57. The standard InChI is InChI=1S/C17H25ClN4O2S/c1-12(2)20-17(4,5)9-10-25(23,24)16-19-13(3)22(21-16)15-8-6-7-14(18)11-15/h6-8,11-12,20H,9-10H2,1-5H3. The van der Waals surface area contributed by atoms with Crippen molar-refractivity contribution < 1.29 is 8.42 Å². The van der Waals surface area contributed by atoms with Crippen LogP contribution in [0.3, 0.4) is 0 Å². The van der Waals surface area contributed by atoms with E-state index in [4.69, 9.17) is 11.6 Å². The molecule has 0 unspecified atom stereocenters. The number of rotatable bonds is 7. The molecule has 1 heterocycles. The number of hydrogen-bond donors (Lipinski definition) is 1. The average molecular weight is 385 g/mol. The number of aromatic nitrogens is 3. The Morgan fingerprint density at radius 3 is 2.60 bits per heavy atom. The van der Waals surface area contributed by atoms with Gasteiger partial charge in [-0.25, -0.2) is 18.1 Å².